The van der Waals surface area contributed by atoms with Crippen LogP contribution in [0.25, 0.3) is 33.1 Å². The zero-order valence-electron chi connectivity index (χ0n) is 65.2. The quantitative estimate of drug-likeness (QED) is 0.0281. The smallest absolute Gasteiger partial charge is 0.151 e. The molecular weight excluding hydrogens is 1220 g/mol. The van der Waals surface area contributed by atoms with E-state index in [0.717, 1.165) is 73.3 Å². The van der Waals surface area contributed by atoms with Crippen molar-refractivity contribution in [1.29, 1.82) is 0 Å². The van der Waals surface area contributed by atoms with Gasteiger partial charge in [-0.2, -0.15) is 0 Å². The van der Waals surface area contributed by atoms with Crippen molar-refractivity contribution in [2.45, 2.75) is 387 Å². The fourth-order valence-corrected chi connectivity index (χ4v) is 15.2. The van der Waals surface area contributed by atoms with Crippen LogP contribution in [-0.2, 0) is 19.6 Å². The van der Waals surface area contributed by atoms with Crippen LogP contribution in [0.5, 0.6) is 0 Å². The summed E-state index contributed by atoms with van der Waals surface area (Å²) in [5, 5.41) is 0. The Morgan fingerprint density at radius 3 is 0.630 bits per heavy atom. The second-order valence-corrected chi connectivity index (χ2v) is 30.3. The Hall–Kier alpha value is -4.96. The van der Waals surface area contributed by atoms with Crippen LogP contribution in [0, 0.1) is 0 Å². The third-order valence-electron chi connectivity index (χ3n) is 21.5. The summed E-state index contributed by atoms with van der Waals surface area (Å²) in [7, 11) is 0. The second-order valence-electron chi connectivity index (χ2n) is 30.3. The lowest BCUT2D eigenvalue weighted by Crippen LogP contribution is -2.31. The van der Waals surface area contributed by atoms with Gasteiger partial charge in [-0.15, -0.1) is 0 Å². The molecule has 0 aliphatic heterocycles. The van der Waals surface area contributed by atoms with Gasteiger partial charge in [0.25, 0.3) is 0 Å². The molecule has 0 spiro atoms. The van der Waals surface area contributed by atoms with Crippen LogP contribution in [0.15, 0.2) is 87.8 Å². The van der Waals surface area contributed by atoms with Gasteiger partial charge >= 0.3 is 0 Å². The number of aromatic nitrogens is 6. The van der Waals surface area contributed by atoms with E-state index in [1.54, 1.807) is 0 Å². The fraction of sp³-hybridized carbons (Fsp3) is 0.733. The lowest BCUT2D eigenvalue weighted by atomic mass is 10.0. The molecule has 0 bridgehead atoms. The van der Waals surface area contributed by atoms with Gasteiger partial charge in [-0.25, -0.2) is 15.0 Å². The van der Waals surface area contributed by atoms with E-state index in [9.17, 15) is 0 Å². The van der Waals surface area contributed by atoms with Crippen LogP contribution in [0.1, 0.15) is 385 Å². The van der Waals surface area contributed by atoms with E-state index in [1.165, 1.54) is 363 Å². The Kier molecular flexibility index (Phi) is 49.1. The minimum Gasteiger partial charge on any atom is -0.323 e. The van der Waals surface area contributed by atoms with Crippen LogP contribution >= 0.6 is 0 Å². The number of benzene rings is 3. The van der Waals surface area contributed by atoms with Gasteiger partial charge in [0, 0.05) is 39.3 Å². The molecule has 0 unspecified atom stereocenters. The monoisotopic (exact) mass is 1370 g/mol. The number of aryl methyl sites for hydroxylation is 3. The third kappa shape index (κ3) is 37.5. The number of rotatable bonds is 69. The maximum atomic E-state index is 5.12. The number of nitrogens with zero attached hydrogens (tertiary/aromatic N) is 10. The maximum Gasteiger partial charge on any atom is 0.151 e. The first kappa shape index (κ1) is 84.0. The predicted molar refractivity (Wildman–Crippen MR) is 439 cm³/mol. The molecule has 0 saturated carbocycles. The van der Waals surface area contributed by atoms with Gasteiger partial charge in [0.15, 0.2) is 17.5 Å². The molecule has 0 amide bonds. The Morgan fingerprint density at radius 1 is 0.250 bits per heavy atom. The van der Waals surface area contributed by atoms with E-state index in [4.69, 9.17) is 29.9 Å². The normalized spacial score (nSPS) is 12.2. The Balaban J connectivity index is 0.965. The molecule has 560 valence electrons. The first-order valence-corrected chi connectivity index (χ1v) is 43.3. The average molecular weight is 1370 g/mol. The summed E-state index contributed by atoms with van der Waals surface area (Å²) in [5.41, 5.74) is 6.79. The molecule has 0 fully saturated rings. The van der Waals surface area contributed by atoms with Gasteiger partial charge < -0.3 is 13.7 Å². The van der Waals surface area contributed by atoms with Gasteiger partial charge in [-0.05, 0) is 55.7 Å². The van der Waals surface area contributed by atoms with E-state index in [1.807, 2.05) is 18.6 Å². The molecule has 3 aromatic carbocycles. The highest BCUT2D eigenvalue weighted by atomic mass is 15.2. The van der Waals surface area contributed by atoms with E-state index in [-0.39, 0.29) is 0 Å². The van der Waals surface area contributed by atoms with Crippen molar-refractivity contribution in [2.75, 3.05) is 39.3 Å². The summed E-state index contributed by atoms with van der Waals surface area (Å²) >= 11 is 0. The molecule has 0 atom stereocenters. The highest BCUT2D eigenvalue weighted by Gasteiger charge is 2.13. The molecule has 0 aliphatic carbocycles. The number of hydrogen-bond acceptors (Lipinski definition) is 7. The van der Waals surface area contributed by atoms with Crippen LogP contribution in [-0.4, -0.2) is 91.5 Å². The highest BCUT2D eigenvalue weighted by molar-refractivity contribution is 5.86. The first-order chi connectivity index (χ1) is 49.7. The Bertz CT molecular complexity index is 2650. The molecule has 3 heterocycles. The average Bonchev–Trinajstić information content (AvgIpc) is 1.68. The first-order valence-electron chi connectivity index (χ1n) is 43.3. The summed E-state index contributed by atoms with van der Waals surface area (Å²) in [4.78, 5) is 33.2. The lowest BCUT2D eigenvalue weighted by molar-refractivity contribution is 0.298. The molecule has 0 N–H and O–H groups in total. The van der Waals surface area contributed by atoms with Gasteiger partial charge in [-0.1, -0.05) is 385 Å². The largest absolute Gasteiger partial charge is 0.323 e. The minimum atomic E-state index is 0.681. The molecule has 3 aromatic heterocycles. The topological polar surface area (TPSA) is 93.8 Å². The van der Waals surface area contributed by atoms with E-state index < -0.39 is 0 Å². The van der Waals surface area contributed by atoms with Gasteiger partial charge in [0.05, 0.1) is 71.4 Å². The van der Waals surface area contributed by atoms with Gasteiger partial charge in [0.1, 0.15) is 0 Å². The van der Waals surface area contributed by atoms with Gasteiger partial charge in [0.2, 0.25) is 0 Å². The molecule has 0 saturated heterocycles. The van der Waals surface area contributed by atoms with Crippen molar-refractivity contribution in [2.24, 2.45) is 15.0 Å². The number of aliphatic imine (C=N–C) groups is 3. The van der Waals surface area contributed by atoms with Crippen LogP contribution in [0.2, 0.25) is 0 Å². The molecule has 100 heavy (non-hydrogen) atoms. The number of imidazole rings is 3. The number of para-hydroxylation sites is 6. The molecule has 6 aromatic rings. The summed E-state index contributed by atoms with van der Waals surface area (Å²) in [5.74, 6) is 2.90. The Labute approximate surface area is 613 Å². The number of unbranched alkanes of at least 4 members (excludes halogenated alkanes) is 51. The van der Waals surface area contributed by atoms with Crippen molar-refractivity contribution in [3.63, 3.8) is 0 Å². The maximum absolute atomic E-state index is 5.12. The zero-order chi connectivity index (χ0) is 69.9. The minimum absolute atomic E-state index is 0.681. The predicted octanol–water partition coefficient (Wildman–Crippen LogP) is 26.8. The summed E-state index contributed by atoms with van der Waals surface area (Å²) < 4.78 is 7.24. The lowest BCUT2D eigenvalue weighted by Gasteiger charge is -2.19. The summed E-state index contributed by atoms with van der Waals surface area (Å²) in [6.07, 6.45) is 81.1. The standard InChI is InChI=1S/C90H150N10/c1-4-7-10-13-16-19-22-25-28-31-34-37-40-43-46-49-52-61-73-98-85-67-58-55-64-82(85)94-88(98)79-91-70-76-97(77-71-92-80-89-95-83-65-56-59-68-86(83)99(89)74-62-53-50-47-44-41-38-35-32-29-26-23-20-17-14-11-8-5-2)78-72-93-81-90-96-84-66-57-60-69-87(84)100(90)75-63-54-51-48-45-42-39-36-33-30-27-24-21-18-15-12-9-6-3/h55-60,64-69,79-81H,4-54,61-63,70-78H2,1-3H3. The second kappa shape index (κ2) is 58.4. The van der Waals surface area contributed by atoms with E-state index in [2.05, 4.69) is 112 Å². The highest BCUT2D eigenvalue weighted by Crippen LogP contribution is 2.23. The number of fused-ring (bicyclic) bond motifs is 3. The van der Waals surface area contributed by atoms with Crippen molar-refractivity contribution < 1.29 is 0 Å². The zero-order valence-corrected chi connectivity index (χ0v) is 65.2. The molecule has 10 heteroatoms. The third-order valence-corrected chi connectivity index (χ3v) is 21.5. The fourth-order valence-electron chi connectivity index (χ4n) is 15.2. The molecule has 0 radical (unpaired) electrons. The van der Waals surface area contributed by atoms with Crippen LogP contribution < -0.4 is 0 Å². The SMILES string of the molecule is CCCCCCCCCCCCCCCCCCCCn1c(C=NCCN(CCN=Cc2nc3ccccc3n2CCCCCCCCCCCCCCCCCCCC)CCN=Cc2nc3ccccc3n2CCCCCCCCCCCCCCCCCCCC)nc2ccccc21. The number of hydrogen-bond donors (Lipinski definition) is 0. The molecule has 6 rings (SSSR count). The molecular formula is C90H150N10. The molecule has 0 aliphatic rings. The van der Waals surface area contributed by atoms with Crippen molar-refractivity contribution in [1.82, 2.24) is 33.6 Å². The summed E-state index contributed by atoms with van der Waals surface area (Å²) in [6, 6.07) is 25.9. The van der Waals surface area contributed by atoms with E-state index >= 15 is 0 Å². The molecule has 10 nitrogen and oxygen atoms in total. The van der Waals surface area contributed by atoms with E-state index in [0.29, 0.717) is 19.6 Å². The Morgan fingerprint density at radius 2 is 0.430 bits per heavy atom. The van der Waals surface area contributed by atoms with Gasteiger partial charge in [-0.3, -0.25) is 19.9 Å². The van der Waals surface area contributed by atoms with Crippen molar-refractivity contribution in [3.05, 3.63) is 90.3 Å². The van der Waals surface area contributed by atoms with Crippen LogP contribution in [0.4, 0.5) is 0 Å². The van der Waals surface area contributed by atoms with Crippen molar-refractivity contribution in [3.8, 4) is 0 Å². The van der Waals surface area contributed by atoms with Crippen LogP contribution in [0.3, 0.4) is 0 Å². The van der Waals surface area contributed by atoms with Crippen molar-refractivity contribution >= 4 is 51.7 Å². The summed E-state index contributed by atoms with van der Waals surface area (Å²) in [6.45, 7) is 14.3.